The quantitative estimate of drug-likeness (QED) is 0.508. The van der Waals surface area contributed by atoms with E-state index in [1.807, 2.05) is 53.9 Å². The zero-order chi connectivity index (χ0) is 24.4. The smallest absolute Gasteiger partial charge is 0.281 e. The van der Waals surface area contributed by atoms with Crippen molar-refractivity contribution in [2.24, 2.45) is 5.10 Å². The molecule has 1 aliphatic heterocycles. The summed E-state index contributed by atoms with van der Waals surface area (Å²) in [6.45, 7) is -0.141. The Morgan fingerprint density at radius 1 is 1.11 bits per heavy atom. The van der Waals surface area contributed by atoms with Crippen LogP contribution in [0.5, 0.6) is 17.2 Å². The number of hydrogen-bond acceptors (Lipinski definition) is 7. The van der Waals surface area contributed by atoms with Crippen LogP contribution in [-0.4, -0.2) is 42.6 Å². The number of hydrogen-bond donors (Lipinski definition) is 1. The molecule has 35 heavy (non-hydrogen) atoms. The fraction of sp³-hybridized carbons (Fsp3) is 0.333. The van der Waals surface area contributed by atoms with E-state index in [1.54, 1.807) is 25.6 Å². The molecule has 2 atom stereocenters. The van der Waals surface area contributed by atoms with Crippen LogP contribution in [0.4, 0.5) is 0 Å². The van der Waals surface area contributed by atoms with E-state index >= 15 is 0 Å². The number of hydrazone groups is 1. The summed E-state index contributed by atoms with van der Waals surface area (Å²) >= 11 is 1.60. The minimum Gasteiger partial charge on any atom is -0.493 e. The summed E-state index contributed by atoms with van der Waals surface area (Å²) in [5.74, 6) is 1.66. The number of amides is 1. The van der Waals surface area contributed by atoms with Crippen LogP contribution >= 0.6 is 11.3 Å². The number of aliphatic hydroxyl groups is 1. The predicted octanol–water partition coefficient (Wildman–Crippen LogP) is 4.89. The van der Waals surface area contributed by atoms with E-state index in [-0.39, 0.29) is 18.6 Å². The summed E-state index contributed by atoms with van der Waals surface area (Å²) in [6.07, 6.45) is 2.58. The molecule has 1 amide bonds. The Morgan fingerprint density at radius 3 is 2.74 bits per heavy atom. The van der Waals surface area contributed by atoms with Crippen LogP contribution in [0.2, 0.25) is 0 Å². The van der Waals surface area contributed by atoms with Gasteiger partial charge in [0.15, 0.2) is 18.1 Å². The van der Waals surface area contributed by atoms with Gasteiger partial charge in [-0.25, -0.2) is 5.01 Å². The van der Waals surface area contributed by atoms with Gasteiger partial charge in [-0.1, -0.05) is 24.3 Å². The number of benzene rings is 2. The van der Waals surface area contributed by atoms with Crippen molar-refractivity contribution in [1.29, 1.82) is 0 Å². The van der Waals surface area contributed by atoms with Crippen molar-refractivity contribution >= 4 is 23.0 Å². The summed E-state index contributed by atoms with van der Waals surface area (Å²) < 4.78 is 16.9. The van der Waals surface area contributed by atoms with E-state index in [1.165, 1.54) is 5.01 Å². The first-order valence-corrected chi connectivity index (χ1v) is 12.5. The third-order valence-electron chi connectivity index (χ3n) is 6.55. The summed E-state index contributed by atoms with van der Waals surface area (Å²) in [5, 5.41) is 18.6. The fourth-order valence-electron chi connectivity index (χ4n) is 4.78. The van der Waals surface area contributed by atoms with Gasteiger partial charge in [-0.3, -0.25) is 4.79 Å². The average Bonchev–Trinajstić information content (AvgIpc) is 3.57. The Bertz CT molecular complexity index is 1240. The molecule has 0 fully saturated rings. The van der Waals surface area contributed by atoms with Crippen molar-refractivity contribution in [2.45, 2.75) is 37.8 Å². The second-order valence-electron chi connectivity index (χ2n) is 8.62. The average molecular weight is 493 g/mol. The lowest BCUT2D eigenvalue weighted by Crippen LogP contribution is -2.31. The molecule has 182 valence electrons. The van der Waals surface area contributed by atoms with Crippen LogP contribution in [0.1, 0.15) is 53.0 Å². The van der Waals surface area contributed by atoms with Gasteiger partial charge in [-0.15, -0.1) is 11.3 Å². The molecule has 3 aromatic rings. The number of fused-ring (bicyclic) bond motifs is 1. The zero-order valence-electron chi connectivity index (χ0n) is 19.8. The molecule has 0 unspecified atom stereocenters. The summed E-state index contributed by atoms with van der Waals surface area (Å²) in [4.78, 5) is 14.5. The van der Waals surface area contributed by atoms with Crippen LogP contribution in [-0.2, 0) is 11.2 Å². The molecule has 2 heterocycles. The Labute approximate surface area is 208 Å². The monoisotopic (exact) mass is 492 g/mol. The lowest BCUT2D eigenvalue weighted by molar-refractivity contribution is -0.135. The Hall–Kier alpha value is -3.36. The molecule has 0 spiro atoms. The van der Waals surface area contributed by atoms with Crippen LogP contribution in [0.15, 0.2) is 59.0 Å². The minimum absolute atomic E-state index is 0.141. The molecule has 2 aliphatic rings. The molecular formula is C27H28N2O5S. The minimum atomic E-state index is -0.482. The molecule has 1 aromatic heterocycles. The number of thiophene rings is 1. The molecule has 8 heteroatoms. The lowest BCUT2D eigenvalue weighted by Gasteiger charge is -2.25. The Balaban J connectivity index is 1.40. The van der Waals surface area contributed by atoms with Gasteiger partial charge in [0.25, 0.3) is 5.91 Å². The SMILES string of the molecule is COc1ccc([C@H]2CC(c3cccs3)=NN2C(=O)COc2cccc3c2CCC[C@@H]3O)cc1OC. The van der Waals surface area contributed by atoms with Crippen LogP contribution in [0.25, 0.3) is 0 Å². The van der Waals surface area contributed by atoms with Crippen molar-refractivity contribution in [1.82, 2.24) is 5.01 Å². The third kappa shape index (κ3) is 4.63. The number of rotatable bonds is 7. The van der Waals surface area contributed by atoms with Gasteiger partial charge in [-0.05, 0) is 65.6 Å². The first-order valence-electron chi connectivity index (χ1n) is 11.7. The standard InChI is InChI=1S/C27H28N2O5S/c1-32-24-12-11-17(14-25(24)33-2)21-15-20(26-10-5-13-35-26)28-29(21)27(31)16-34-23-9-4-6-18-19(23)7-3-8-22(18)30/h4-6,9-14,21-22,30H,3,7-8,15-16H2,1-2H3/t21-,22+/m1/s1. The topological polar surface area (TPSA) is 80.6 Å². The fourth-order valence-corrected chi connectivity index (χ4v) is 5.50. The molecule has 0 bridgehead atoms. The normalized spacial score (nSPS) is 19.2. The van der Waals surface area contributed by atoms with E-state index in [0.717, 1.165) is 46.5 Å². The molecule has 0 saturated carbocycles. The largest absolute Gasteiger partial charge is 0.493 e. The number of aliphatic hydroxyl groups excluding tert-OH is 1. The first-order chi connectivity index (χ1) is 17.1. The molecule has 1 N–H and O–H groups in total. The number of carbonyl (C=O) groups is 1. The van der Waals surface area contributed by atoms with E-state index in [9.17, 15) is 9.90 Å². The highest BCUT2D eigenvalue weighted by Gasteiger charge is 2.34. The van der Waals surface area contributed by atoms with Crippen molar-refractivity contribution in [3.63, 3.8) is 0 Å². The maximum atomic E-state index is 13.4. The lowest BCUT2D eigenvalue weighted by atomic mass is 9.89. The molecule has 0 radical (unpaired) electrons. The number of nitrogens with zero attached hydrogens (tertiary/aromatic N) is 2. The first kappa shape index (κ1) is 23.4. The van der Waals surface area contributed by atoms with E-state index in [4.69, 9.17) is 19.3 Å². The summed E-state index contributed by atoms with van der Waals surface area (Å²) in [5.41, 5.74) is 3.66. The number of carbonyl (C=O) groups excluding carboxylic acids is 1. The molecule has 0 saturated heterocycles. The molecule has 5 rings (SSSR count). The highest BCUT2D eigenvalue weighted by atomic mass is 32.1. The highest BCUT2D eigenvalue weighted by molar-refractivity contribution is 7.12. The van der Waals surface area contributed by atoms with Crippen LogP contribution < -0.4 is 14.2 Å². The van der Waals surface area contributed by atoms with Gasteiger partial charge < -0.3 is 19.3 Å². The van der Waals surface area contributed by atoms with Crippen molar-refractivity contribution in [2.75, 3.05) is 20.8 Å². The zero-order valence-corrected chi connectivity index (χ0v) is 20.6. The maximum absolute atomic E-state index is 13.4. The Morgan fingerprint density at radius 2 is 1.97 bits per heavy atom. The van der Waals surface area contributed by atoms with Gasteiger partial charge in [0.1, 0.15) is 5.75 Å². The summed E-state index contributed by atoms with van der Waals surface area (Å²) in [6, 6.07) is 15.0. The van der Waals surface area contributed by atoms with Crippen LogP contribution in [0, 0.1) is 0 Å². The molecule has 7 nitrogen and oxygen atoms in total. The number of ether oxygens (including phenoxy) is 3. The van der Waals surface area contributed by atoms with Gasteiger partial charge in [-0.2, -0.15) is 5.10 Å². The summed E-state index contributed by atoms with van der Waals surface area (Å²) in [7, 11) is 3.19. The van der Waals surface area contributed by atoms with Crippen molar-refractivity contribution < 1.29 is 24.1 Å². The van der Waals surface area contributed by atoms with Gasteiger partial charge in [0.05, 0.1) is 37.0 Å². The van der Waals surface area contributed by atoms with Gasteiger partial charge in [0, 0.05) is 6.42 Å². The molecule has 2 aromatic carbocycles. The third-order valence-corrected chi connectivity index (χ3v) is 7.47. The predicted molar refractivity (Wildman–Crippen MR) is 134 cm³/mol. The van der Waals surface area contributed by atoms with Crippen LogP contribution in [0.3, 0.4) is 0 Å². The molecular weight excluding hydrogens is 464 g/mol. The second-order valence-corrected chi connectivity index (χ2v) is 9.56. The van der Waals surface area contributed by atoms with E-state index < -0.39 is 6.10 Å². The van der Waals surface area contributed by atoms with E-state index in [0.29, 0.717) is 23.7 Å². The maximum Gasteiger partial charge on any atom is 0.281 e. The highest BCUT2D eigenvalue weighted by Crippen LogP contribution is 2.39. The molecule has 1 aliphatic carbocycles. The second kappa shape index (κ2) is 10.1. The van der Waals surface area contributed by atoms with Crippen molar-refractivity contribution in [3.05, 3.63) is 75.5 Å². The Kier molecular flexibility index (Phi) is 6.74. The van der Waals surface area contributed by atoms with Gasteiger partial charge >= 0.3 is 0 Å². The van der Waals surface area contributed by atoms with Crippen molar-refractivity contribution in [3.8, 4) is 17.2 Å². The number of methoxy groups -OCH3 is 2. The van der Waals surface area contributed by atoms with Gasteiger partial charge in [0.2, 0.25) is 0 Å². The van der Waals surface area contributed by atoms with E-state index in [2.05, 4.69) is 0 Å².